The fourth-order valence-corrected chi connectivity index (χ4v) is 4.19. The number of aryl methyl sites for hydroxylation is 3. The summed E-state index contributed by atoms with van der Waals surface area (Å²) in [6.45, 7) is -2.27. The molecule has 0 aliphatic heterocycles. The van der Waals surface area contributed by atoms with Gasteiger partial charge in [0.1, 0.15) is 5.82 Å². The number of pyridine rings is 3. The first-order chi connectivity index (χ1) is 22.1. The molecule has 0 N–H and O–H groups in total. The first-order valence-electron chi connectivity index (χ1n) is 17.2. The smallest absolute Gasteiger partial charge is 0.102 e. The van der Waals surface area contributed by atoms with E-state index in [2.05, 4.69) is 27.1 Å². The molecule has 0 spiro atoms. The number of hydrogen-bond acceptors (Lipinski definition) is 3. The summed E-state index contributed by atoms with van der Waals surface area (Å²) >= 11 is 0. The fraction of sp³-hybridized carbons (Fsp3) is 0.242. The van der Waals surface area contributed by atoms with Gasteiger partial charge in [-0.1, -0.05) is 32.9 Å². The van der Waals surface area contributed by atoms with Crippen LogP contribution in [0.5, 0.6) is 0 Å². The standard InChI is InChI=1S/C21H22N3.C12H10N.Ir/c1-13-20-18-15(12-21(3,4)5)10-11-22-19(18)16-8-6-7-9-17(16)24(20)14(2)23-13;1-10-7-8-12(13-9-10)11-5-3-2-4-6-11;/h6-7,9-11H,12H2,1-5H3;2-5,7-9H,1H3;/q2*-1;/i1D3,2D3,12D2;1D3;. The van der Waals surface area contributed by atoms with Gasteiger partial charge >= 0.3 is 0 Å². The van der Waals surface area contributed by atoms with Gasteiger partial charge in [-0.25, -0.2) is 4.98 Å². The van der Waals surface area contributed by atoms with Crippen molar-refractivity contribution in [2.75, 3.05) is 0 Å². The van der Waals surface area contributed by atoms with E-state index in [-0.39, 0.29) is 42.1 Å². The zero-order chi connectivity index (χ0) is 35.4. The van der Waals surface area contributed by atoms with Crippen LogP contribution in [0.2, 0.25) is 0 Å². The van der Waals surface area contributed by atoms with Gasteiger partial charge < -0.3 is 14.4 Å². The van der Waals surface area contributed by atoms with Crippen LogP contribution in [-0.4, -0.2) is 19.4 Å². The largest absolute Gasteiger partial charge is 0.339 e. The molecule has 0 fully saturated rings. The Morgan fingerprint density at radius 2 is 1.82 bits per heavy atom. The predicted molar refractivity (Wildman–Crippen MR) is 153 cm³/mol. The van der Waals surface area contributed by atoms with Gasteiger partial charge in [-0.15, -0.1) is 65.5 Å². The fourth-order valence-electron chi connectivity index (χ4n) is 4.19. The minimum absolute atomic E-state index is 0. The summed E-state index contributed by atoms with van der Waals surface area (Å²) in [5.41, 5.74) is 1.61. The normalized spacial score (nSPS) is 17.0. The van der Waals surface area contributed by atoms with E-state index in [4.69, 9.17) is 15.1 Å². The minimum atomic E-state index is -2.73. The second-order valence-electron chi connectivity index (χ2n) is 9.56. The van der Waals surface area contributed by atoms with Gasteiger partial charge in [0.15, 0.2) is 0 Å². The molecule has 4 heterocycles. The third-order valence-corrected chi connectivity index (χ3v) is 5.64. The van der Waals surface area contributed by atoms with E-state index in [1.165, 1.54) is 22.9 Å². The van der Waals surface area contributed by atoms with E-state index in [9.17, 15) is 0 Å². The molecular formula is C33H32IrN4-2. The molecule has 4 aromatic heterocycles. The molecular weight excluding hydrogens is 645 g/mol. The summed E-state index contributed by atoms with van der Waals surface area (Å²) in [5, 5.41) is 0.693. The van der Waals surface area contributed by atoms with Crippen molar-refractivity contribution in [1.82, 2.24) is 19.4 Å². The van der Waals surface area contributed by atoms with Crippen LogP contribution < -0.4 is 0 Å². The average molecular weight is 688 g/mol. The van der Waals surface area contributed by atoms with Gasteiger partial charge in [0.05, 0.1) is 11.2 Å². The number of nitrogens with zero attached hydrogens (tertiary/aromatic N) is 4. The molecule has 195 valence electrons. The Morgan fingerprint density at radius 1 is 0.947 bits per heavy atom. The van der Waals surface area contributed by atoms with Crippen LogP contribution >= 0.6 is 0 Å². The van der Waals surface area contributed by atoms with Crippen molar-refractivity contribution >= 4 is 27.3 Å². The zero-order valence-corrected chi connectivity index (χ0v) is 23.4. The minimum Gasteiger partial charge on any atom is -0.339 e. The molecule has 0 unspecified atom stereocenters. The Balaban J connectivity index is 0.000000268. The van der Waals surface area contributed by atoms with Crippen LogP contribution in [0.4, 0.5) is 0 Å². The maximum absolute atomic E-state index is 8.89. The Kier molecular flexibility index (Phi) is 4.85. The summed E-state index contributed by atoms with van der Waals surface area (Å²) < 4.78 is 89.0. The number of benzene rings is 2. The summed E-state index contributed by atoms with van der Waals surface area (Å²) in [5.74, 6) is -0.392. The molecule has 0 aliphatic rings. The molecule has 0 amide bonds. The summed E-state index contributed by atoms with van der Waals surface area (Å²) in [6.07, 6.45) is 0.977. The molecule has 6 rings (SSSR count). The molecule has 38 heavy (non-hydrogen) atoms. The van der Waals surface area contributed by atoms with Crippen molar-refractivity contribution in [2.24, 2.45) is 5.41 Å². The summed E-state index contributed by atoms with van der Waals surface area (Å²) in [6, 6.07) is 23.3. The van der Waals surface area contributed by atoms with Crippen molar-refractivity contribution in [3.63, 3.8) is 0 Å². The molecule has 0 atom stereocenters. The molecule has 6 aromatic rings. The molecule has 5 heteroatoms. The van der Waals surface area contributed by atoms with Crippen LogP contribution in [0.1, 0.15) is 58.5 Å². The molecule has 0 bridgehead atoms. The van der Waals surface area contributed by atoms with E-state index in [1.807, 2.05) is 18.2 Å². The first-order valence-corrected chi connectivity index (χ1v) is 11.7. The summed E-state index contributed by atoms with van der Waals surface area (Å²) in [4.78, 5) is 12.7. The van der Waals surface area contributed by atoms with Gasteiger partial charge in [0, 0.05) is 47.6 Å². The van der Waals surface area contributed by atoms with E-state index < -0.39 is 43.9 Å². The van der Waals surface area contributed by atoms with Gasteiger partial charge in [-0.3, -0.25) is 0 Å². The number of rotatable bonds is 2. The van der Waals surface area contributed by atoms with Gasteiger partial charge in [-0.05, 0) is 71.7 Å². The Bertz CT molecular complexity index is 2100. The van der Waals surface area contributed by atoms with Crippen LogP contribution in [0.25, 0.3) is 38.6 Å². The molecule has 0 saturated carbocycles. The first kappa shape index (κ1) is 16.5. The SMILES string of the molecule is [2H]C([2H])([2H])c1ccc(-c2[c-]cccc2)nc1.[2H]C([2H])([2H])c1nc(C([2H])([2H])[2H])n2c3ccc[c-]c3c3nccc(C([2H])([2H])C(C)(C)C)c3c12.[Ir]. The van der Waals surface area contributed by atoms with Crippen molar-refractivity contribution in [1.29, 1.82) is 0 Å². The molecule has 0 saturated heterocycles. The molecule has 2 aromatic carbocycles. The maximum Gasteiger partial charge on any atom is 0.102 e. The molecule has 0 aliphatic carbocycles. The Morgan fingerprint density at radius 3 is 2.50 bits per heavy atom. The van der Waals surface area contributed by atoms with E-state index in [1.54, 1.807) is 57.2 Å². The van der Waals surface area contributed by atoms with Gasteiger partial charge in [0.2, 0.25) is 0 Å². The second-order valence-corrected chi connectivity index (χ2v) is 9.56. The van der Waals surface area contributed by atoms with Crippen molar-refractivity contribution in [2.45, 2.75) is 47.7 Å². The Labute approximate surface area is 254 Å². The number of imidazole rings is 1. The van der Waals surface area contributed by atoms with E-state index in [0.717, 1.165) is 11.3 Å². The second kappa shape index (κ2) is 11.1. The van der Waals surface area contributed by atoms with Crippen LogP contribution in [0.3, 0.4) is 0 Å². The summed E-state index contributed by atoms with van der Waals surface area (Å²) in [7, 11) is 0. The van der Waals surface area contributed by atoms with E-state index in [0.29, 0.717) is 16.4 Å². The van der Waals surface area contributed by atoms with Crippen LogP contribution in [0.15, 0.2) is 73.1 Å². The maximum atomic E-state index is 8.89. The van der Waals surface area contributed by atoms with Crippen molar-refractivity contribution in [3.05, 3.63) is 108 Å². The van der Waals surface area contributed by atoms with Crippen LogP contribution in [0, 0.1) is 38.1 Å². The van der Waals surface area contributed by atoms with Gasteiger partial charge in [-0.2, -0.15) is 0 Å². The molecule has 1 radical (unpaired) electrons. The number of fused-ring (bicyclic) bond motifs is 6. The number of aromatic nitrogens is 4. The molecule has 4 nitrogen and oxygen atoms in total. The van der Waals surface area contributed by atoms with Crippen molar-refractivity contribution in [3.8, 4) is 11.3 Å². The van der Waals surface area contributed by atoms with E-state index >= 15 is 0 Å². The number of hydrogen-bond donors (Lipinski definition) is 0. The van der Waals surface area contributed by atoms with Crippen molar-refractivity contribution < 1.29 is 35.2 Å². The quantitative estimate of drug-likeness (QED) is 0.137. The van der Waals surface area contributed by atoms with Gasteiger partial charge in [0.25, 0.3) is 0 Å². The monoisotopic (exact) mass is 688 g/mol. The third-order valence-electron chi connectivity index (χ3n) is 5.64. The topological polar surface area (TPSA) is 43.1 Å². The third kappa shape index (κ3) is 5.55. The zero-order valence-electron chi connectivity index (χ0n) is 32.1. The average Bonchev–Trinajstić information content (AvgIpc) is 3.44. The Hall–Kier alpha value is -3.40. The van der Waals surface area contributed by atoms with Crippen LogP contribution in [-0.2, 0) is 26.5 Å². The predicted octanol–water partition coefficient (Wildman–Crippen LogP) is 7.90.